The maximum absolute atomic E-state index is 5.55. The van der Waals surface area contributed by atoms with Gasteiger partial charge in [0.05, 0.1) is 11.9 Å². The molecule has 0 fully saturated rings. The van der Waals surface area contributed by atoms with Gasteiger partial charge in [0.15, 0.2) is 0 Å². The molecule has 86 valence electrons. The molecule has 16 heavy (non-hydrogen) atoms. The van der Waals surface area contributed by atoms with Crippen LogP contribution < -0.4 is 11.3 Å². The Labute approximate surface area is 93.0 Å². The van der Waals surface area contributed by atoms with Gasteiger partial charge in [0.1, 0.15) is 11.7 Å². The molecule has 0 aliphatic rings. The number of nitrogens with two attached hydrogens (primary N) is 1. The van der Waals surface area contributed by atoms with Crippen molar-refractivity contribution >= 4 is 0 Å². The minimum Gasteiger partial charge on any atom is -0.270 e. The lowest BCUT2D eigenvalue weighted by molar-refractivity contribution is 0.514. The van der Waals surface area contributed by atoms with Crippen LogP contribution in [0, 0.1) is 0 Å². The molecule has 0 amide bonds. The molecule has 0 radical (unpaired) electrons. The van der Waals surface area contributed by atoms with Crippen molar-refractivity contribution in [1.29, 1.82) is 0 Å². The molecule has 4 N–H and O–H groups in total. The molecule has 0 aliphatic heterocycles. The Morgan fingerprint density at radius 2 is 2.50 bits per heavy atom. The van der Waals surface area contributed by atoms with Crippen molar-refractivity contribution in [3.05, 3.63) is 29.8 Å². The van der Waals surface area contributed by atoms with Crippen LogP contribution in [0.1, 0.15) is 30.8 Å². The smallest absolute Gasteiger partial charge is 0.108 e. The second kappa shape index (κ2) is 4.86. The highest BCUT2D eigenvalue weighted by molar-refractivity contribution is 5.18. The van der Waals surface area contributed by atoms with E-state index in [4.69, 9.17) is 5.84 Å². The lowest BCUT2D eigenvalue weighted by Gasteiger charge is -2.14. The number of hydrazine groups is 1. The Kier molecular flexibility index (Phi) is 3.28. The molecule has 2 aromatic rings. The van der Waals surface area contributed by atoms with Crippen LogP contribution in [0.25, 0.3) is 0 Å². The largest absolute Gasteiger partial charge is 0.270 e. The molecule has 2 aromatic heterocycles. The molecule has 7 nitrogen and oxygen atoms in total. The third-order valence-corrected chi connectivity index (χ3v) is 2.38. The van der Waals surface area contributed by atoms with Crippen LogP contribution >= 0.6 is 0 Å². The number of nitrogens with one attached hydrogen (secondary N) is 2. The molecule has 0 spiro atoms. The first-order valence-corrected chi connectivity index (χ1v) is 5.20. The molecule has 0 aliphatic carbocycles. The summed E-state index contributed by atoms with van der Waals surface area (Å²) in [4.78, 5) is 0. The van der Waals surface area contributed by atoms with E-state index in [1.165, 1.54) is 0 Å². The van der Waals surface area contributed by atoms with Crippen LogP contribution in [0.2, 0.25) is 0 Å². The van der Waals surface area contributed by atoms with Gasteiger partial charge < -0.3 is 0 Å². The van der Waals surface area contributed by atoms with Gasteiger partial charge in [-0.1, -0.05) is 6.92 Å². The van der Waals surface area contributed by atoms with Gasteiger partial charge in [-0.3, -0.25) is 10.5 Å². The fraction of sp³-hybridized carbons (Fsp3) is 0.444. The van der Waals surface area contributed by atoms with Gasteiger partial charge in [-0.05, 0) is 12.5 Å². The lowest BCUT2D eigenvalue weighted by atomic mass is 10.1. The highest BCUT2D eigenvalue weighted by Crippen LogP contribution is 2.18. The van der Waals surface area contributed by atoms with Crippen molar-refractivity contribution in [2.75, 3.05) is 0 Å². The second-order valence-corrected chi connectivity index (χ2v) is 3.47. The van der Waals surface area contributed by atoms with E-state index in [-0.39, 0.29) is 6.04 Å². The van der Waals surface area contributed by atoms with Crippen molar-refractivity contribution in [3.63, 3.8) is 0 Å². The van der Waals surface area contributed by atoms with E-state index in [0.717, 1.165) is 24.4 Å². The number of aromatic nitrogens is 5. The number of H-pyrrole nitrogens is 1. The fourth-order valence-electron chi connectivity index (χ4n) is 1.66. The van der Waals surface area contributed by atoms with E-state index in [9.17, 15) is 0 Å². The molecule has 0 saturated heterocycles. The van der Waals surface area contributed by atoms with E-state index in [1.54, 1.807) is 12.4 Å². The molecule has 7 heteroatoms. The highest BCUT2D eigenvalue weighted by atomic mass is 15.4. The number of rotatable bonds is 5. The first kappa shape index (κ1) is 10.8. The minimum absolute atomic E-state index is 0.187. The first-order valence-electron chi connectivity index (χ1n) is 5.20. The zero-order valence-corrected chi connectivity index (χ0v) is 9.09. The Balaban J connectivity index is 2.30. The molecule has 0 bridgehead atoms. The van der Waals surface area contributed by atoms with Crippen LogP contribution in [-0.2, 0) is 6.54 Å². The van der Waals surface area contributed by atoms with E-state index in [1.807, 2.05) is 10.7 Å². The topological polar surface area (TPSA) is 97.4 Å². The summed E-state index contributed by atoms with van der Waals surface area (Å²) in [6.45, 7) is 2.96. The molecular weight excluding hydrogens is 206 g/mol. The average molecular weight is 221 g/mol. The highest BCUT2D eigenvalue weighted by Gasteiger charge is 2.18. The van der Waals surface area contributed by atoms with Gasteiger partial charge in [0.25, 0.3) is 0 Å². The average Bonchev–Trinajstić information content (AvgIpc) is 2.92. The standard InChI is InChI=1S/C9H15N7/c1-2-5-16-8(3-4-12-16)9(13-10)7-6-11-15-14-7/h3-4,6,9,13H,2,5,10H2,1H3,(H,11,14,15). The number of nitrogens with zero attached hydrogens (tertiary/aromatic N) is 4. The van der Waals surface area contributed by atoms with Crippen LogP contribution in [-0.4, -0.2) is 25.2 Å². The fourth-order valence-corrected chi connectivity index (χ4v) is 1.66. The van der Waals surface area contributed by atoms with Crippen LogP contribution in [0.5, 0.6) is 0 Å². The van der Waals surface area contributed by atoms with Gasteiger partial charge in [-0.25, -0.2) is 5.43 Å². The maximum Gasteiger partial charge on any atom is 0.108 e. The van der Waals surface area contributed by atoms with Crippen molar-refractivity contribution in [3.8, 4) is 0 Å². The second-order valence-electron chi connectivity index (χ2n) is 3.47. The Morgan fingerprint density at radius 1 is 1.62 bits per heavy atom. The van der Waals surface area contributed by atoms with E-state index < -0.39 is 0 Å². The Hall–Kier alpha value is -1.73. The predicted octanol–water partition coefficient (Wildman–Crippen LogP) is -0.0361. The van der Waals surface area contributed by atoms with Gasteiger partial charge in [-0.15, -0.1) is 0 Å². The summed E-state index contributed by atoms with van der Waals surface area (Å²) in [5.41, 5.74) is 4.46. The van der Waals surface area contributed by atoms with Gasteiger partial charge in [0, 0.05) is 12.7 Å². The molecule has 1 unspecified atom stereocenters. The number of hydrogen-bond donors (Lipinski definition) is 3. The van der Waals surface area contributed by atoms with Crippen molar-refractivity contribution < 1.29 is 0 Å². The van der Waals surface area contributed by atoms with E-state index in [2.05, 4.69) is 32.9 Å². The van der Waals surface area contributed by atoms with Crippen LogP contribution in [0.15, 0.2) is 18.5 Å². The lowest BCUT2D eigenvalue weighted by Crippen LogP contribution is -2.31. The zero-order chi connectivity index (χ0) is 11.4. The summed E-state index contributed by atoms with van der Waals surface area (Å²) in [7, 11) is 0. The van der Waals surface area contributed by atoms with Gasteiger partial charge in [-0.2, -0.15) is 20.5 Å². The normalized spacial score (nSPS) is 12.9. The third-order valence-electron chi connectivity index (χ3n) is 2.38. The monoisotopic (exact) mass is 221 g/mol. The molecule has 1 atom stereocenters. The summed E-state index contributed by atoms with van der Waals surface area (Å²) < 4.78 is 1.92. The number of hydrogen-bond acceptors (Lipinski definition) is 5. The summed E-state index contributed by atoms with van der Waals surface area (Å²) in [6, 6.07) is 1.74. The van der Waals surface area contributed by atoms with Crippen LogP contribution in [0.4, 0.5) is 0 Å². The predicted molar refractivity (Wildman–Crippen MR) is 58.1 cm³/mol. The third kappa shape index (κ3) is 1.95. The van der Waals surface area contributed by atoms with Gasteiger partial charge >= 0.3 is 0 Å². The van der Waals surface area contributed by atoms with Crippen LogP contribution in [0.3, 0.4) is 0 Å². The van der Waals surface area contributed by atoms with E-state index >= 15 is 0 Å². The Bertz CT molecular complexity index is 419. The number of aryl methyl sites for hydroxylation is 1. The maximum atomic E-state index is 5.55. The van der Waals surface area contributed by atoms with Gasteiger partial charge in [0.2, 0.25) is 0 Å². The van der Waals surface area contributed by atoms with Crippen molar-refractivity contribution in [2.24, 2.45) is 5.84 Å². The molecule has 2 heterocycles. The molecule has 0 saturated carbocycles. The summed E-state index contributed by atoms with van der Waals surface area (Å²) in [5.74, 6) is 5.55. The molecule has 2 rings (SSSR count). The Morgan fingerprint density at radius 3 is 3.12 bits per heavy atom. The zero-order valence-electron chi connectivity index (χ0n) is 9.09. The quantitative estimate of drug-likeness (QED) is 0.486. The SMILES string of the molecule is CCCn1nccc1C(NN)c1cn[nH]n1. The van der Waals surface area contributed by atoms with Crippen molar-refractivity contribution in [2.45, 2.75) is 25.9 Å². The first-order chi connectivity index (χ1) is 7.86. The summed E-state index contributed by atoms with van der Waals surface area (Å²) >= 11 is 0. The molecular formula is C9H15N7. The summed E-state index contributed by atoms with van der Waals surface area (Å²) in [5, 5.41) is 14.6. The minimum atomic E-state index is -0.187. The number of aromatic amines is 1. The molecule has 0 aromatic carbocycles. The van der Waals surface area contributed by atoms with Crippen molar-refractivity contribution in [1.82, 2.24) is 30.6 Å². The van der Waals surface area contributed by atoms with E-state index in [0.29, 0.717) is 0 Å². The summed E-state index contributed by atoms with van der Waals surface area (Å²) in [6.07, 6.45) is 4.42.